The van der Waals surface area contributed by atoms with E-state index >= 15 is 0 Å². The molecule has 0 spiro atoms. The van der Waals surface area contributed by atoms with Crippen molar-refractivity contribution in [2.45, 2.75) is 39.0 Å². The molecule has 0 bridgehead atoms. The van der Waals surface area contributed by atoms with Crippen LogP contribution in [0.2, 0.25) is 0 Å². The number of amides is 1. The molecule has 25 heavy (non-hydrogen) atoms. The Labute approximate surface area is 144 Å². The summed E-state index contributed by atoms with van der Waals surface area (Å²) in [4.78, 5) is 26.3. The number of carboxylic acid groups (broad SMARTS) is 1. The smallest absolute Gasteiger partial charge is 0.303 e. The lowest BCUT2D eigenvalue weighted by Crippen LogP contribution is -2.24. The lowest BCUT2D eigenvalue weighted by atomic mass is 10.1. The van der Waals surface area contributed by atoms with Gasteiger partial charge in [-0.1, -0.05) is 5.16 Å². The van der Waals surface area contributed by atoms with Crippen molar-refractivity contribution in [1.29, 1.82) is 0 Å². The minimum atomic E-state index is -0.838. The van der Waals surface area contributed by atoms with Crippen LogP contribution in [0.15, 0.2) is 22.7 Å². The highest BCUT2D eigenvalue weighted by molar-refractivity contribution is 5.76. The van der Waals surface area contributed by atoms with Crippen LogP contribution in [0.4, 0.5) is 4.39 Å². The number of rotatable bonds is 9. The van der Waals surface area contributed by atoms with Gasteiger partial charge >= 0.3 is 5.97 Å². The van der Waals surface area contributed by atoms with E-state index < -0.39 is 5.97 Å². The lowest BCUT2D eigenvalue weighted by Gasteiger charge is -2.03. The molecule has 0 aliphatic carbocycles. The second-order valence-electron chi connectivity index (χ2n) is 5.68. The Balaban J connectivity index is 1.76. The van der Waals surface area contributed by atoms with Crippen molar-refractivity contribution in [3.63, 3.8) is 0 Å². The summed E-state index contributed by atoms with van der Waals surface area (Å²) >= 11 is 0. The summed E-state index contributed by atoms with van der Waals surface area (Å²) in [6, 6.07) is 4.55. The molecule has 7 nitrogen and oxygen atoms in total. The maximum absolute atomic E-state index is 13.3. The van der Waals surface area contributed by atoms with Crippen molar-refractivity contribution in [2.24, 2.45) is 0 Å². The first-order chi connectivity index (χ1) is 12.0. The molecule has 0 saturated carbocycles. The van der Waals surface area contributed by atoms with Gasteiger partial charge < -0.3 is 14.9 Å². The van der Waals surface area contributed by atoms with Crippen molar-refractivity contribution in [3.8, 4) is 11.4 Å². The fourth-order valence-electron chi connectivity index (χ4n) is 2.20. The zero-order valence-corrected chi connectivity index (χ0v) is 13.9. The SMILES string of the molecule is Cc1cc(-c2noc(CCC(=O)NCCCCC(=O)O)n2)ccc1F. The molecule has 1 amide bonds. The van der Waals surface area contributed by atoms with Gasteiger partial charge in [0.25, 0.3) is 0 Å². The number of nitrogens with zero attached hydrogens (tertiary/aromatic N) is 2. The number of carboxylic acids is 1. The Morgan fingerprint density at radius 2 is 2.08 bits per heavy atom. The predicted octanol–water partition coefficient (Wildman–Crippen LogP) is 2.49. The molecule has 134 valence electrons. The number of nitrogens with one attached hydrogen (secondary N) is 1. The van der Waals surface area contributed by atoms with E-state index in [9.17, 15) is 14.0 Å². The van der Waals surface area contributed by atoms with Gasteiger partial charge in [-0.2, -0.15) is 4.98 Å². The quantitative estimate of drug-likeness (QED) is 0.674. The molecule has 0 radical (unpaired) electrons. The number of aromatic nitrogens is 2. The molecule has 0 saturated heterocycles. The van der Waals surface area contributed by atoms with E-state index in [4.69, 9.17) is 9.63 Å². The summed E-state index contributed by atoms with van der Waals surface area (Å²) in [6.07, 6.45) is 1.74. The van der Waals surface area contributed by atoms with Crippen molar-refractivity contribution >= 4 is 11.9 Å². The number of hydrogen-bond acceptors (Lipinski definition) is 5. The molecule has 1 aromatic carbocycles. The van der Waals surface area contributed by atoms with Crippen molar-refractivity contribution in [2.75, 3.05) is 6.54 Å². The summed E-state index contributed by atoms with van der Waals surface area (Å²) in [7, 11) is 0. The minimum Gasteiger partial charge on any atom is -0.481 e. The normalized spacial score (nSPS) is 10.6. The Kier molecular flexibility index (Phi) is 6.62. The zero-order chi connectivity index (χ0) is 18.2. The van der Waals surface area contributed by atoms with E-state index in [2.05, 4.69) is 15.5 Å². The van der Waals surface area contributed by atoms with E-state index in [0.29, 0.717) is 48.6 Å². The highest BCUT2D eigenvalue weighted by atomic mass is 19.1. The standard InChI is InChI=1S/C17H20FN3O4/c1-11-10-12(5-6-13(11)18)17-20-15(25-21-17)8-7-14(22)19-9-3-2-4-16(23)24/h5-6,10H,2-4,7-9H2,1H3,(H,19,22)(H,23,24). The first kappa shape index (κ1) is 18.6. The van der Waals surface area contributed by atoms with Gasteiger partial charge in [0.05, 0.1) is 0 Å². The molecule has 0 atom stereocenters. The van der Waals surface area contributed by atoms with Crippen LogP contribution < -0.4 is 5.32 Å². The monoisotopic (exact) mass is 349 g/mol. The van der Waals surface area contributed by atoms with Gasteiger partial charge in [0, 0.05) is 31.4 Å². The van der Waals surface area contributed by atoms with Crippen LogP contribution in [0, 0.1) is 12.7 Å². The predicted molar refractivity (Wildman–Crippen MR) is 87.2 cm³/mol. The number of hydrogen-bond donors (Lipinski definition) is 2. The van der Waals surface area contributed by atoms with E-state index in [0.717, 1.165) is 0 Å². The average Bonchev–Trinajstić information content (AvgIpc) is 3.04. The molecule has 2 N–H and O–H groups in total. The fourth-order valence-corrected chi connectivity index (χ4v) is 2.20. The van der Waals surface area contributed by atoms with Gasteiger partial charge in [0.1, 0.15) is 5.82 Å². The average molecular weight is 349 g/mol. The summed E-state index contributed by atoms with van der Waals surface area (Å²) in [5.74, 6) is -0.611. The number of unbranched alkanes of at least 4 members (excludes halogenated alkanes) is 1. The Morgan fingerprint density at radius 3 is 2.80 bits per heavy atom. The number of aliphatic carboxylic acids is 1. The zero-order valence-electron chi connectivity index (χ0n) is 13.9. The van der Waals surface area contributed by atoms with Gasteiger partial charge in [0.2, 0.25) is 17.6 Å². The molecule has 1 heterocycles. The number of benzene rings is 1. The maximum Gasteiger partial charge on any atom is 0.303 e. The number of aryl methyl sites for hydroxylation is 2. The number of halogens is 1. The molecule has 2 aromatic rings. The third-order valence-corrected chi connectivity index (χ3v) is 3.59. The van der Waals surface area contributed by atoms with Crippen molar-refractivity contribution in [1.82, 2.24) is 15.5 Å². The fraction of sp³-hybridized carbons (Fsp3) is 0.412. The van der Waals surface area contributed by atoms with Crippen molar-refractivity contribution < 1.29 is 23.6 Å². The molecular weight excluding hydrogens is 329 g/mol. The Morgan fingerprint density at radius 1 is 1.28 bits per heavy atom. The van der Waals surface area contributed by atoms with Crippen LogP contribution in [0.25, 0.3) is 11.4 Å². The molecule has 0 aliphatic rings. The third-order valence-electron chi connectivity index (χ3n) is 3.59. The van der Waals surface area contributed by atoms with Crippen LogP contribution in [0.1, 0.15) is 37.1 Å². The maximum atomic E-state index is 13.3. The topological polar surface area (TPSA) is 105 Å². The third kappa shape index (κ3) is 5.98. The van der Waals surface area contributed by atoms with Crippen LogP contribution >= 0.6 is 0 Å². The van der Waals surface area contributed by atoms with Gasteiger partial charge in [-0.05, 0) is 43.5 Å². The summed E-state index contributed by atoms with van der Waals surface area (Å²) in [5, 5.41) is 15.1. The second-order valence-corrected chi connectivity index (χ2v) is 5.68. The molecule has 0 aliphatic heterocycles. The summed E-state index contributed by atoms with van der Waals surface area (Å²) in [6.45, 7) is 2.09. The summed E-state index contributed by atoms with van der Waals surface area (Å²) < 4.78 is 18.4. The second kappa shape index (κ2) is 8.91. The first-order valence-corrected chi connectivity index (χ1v) is 8.03. The van der Waals surface area contributed by atoms with Gasteiger partial charge in [-0.15, -0.1) is 0 Å². The van der Waals surface area contributed by atoms with Gasteiger partial charge in [-0.25, -0.2) is 4.39 Å². The molecule has 2 rings (SSSR count). The molecule has 1 aromatic heterocycles. The van der Waals surface area contributed by atoms with Crippen LogP contribution in [-0.2, 0) is 16.0 Å². The van der Waals surface area contributed by atoms with E-state index in [-0.39, 0.29) is 24.6 Å². The van der Waals surface area contributed by atoms with Crippen LogP contribution in [0.5, 0.6) is 0 Å². The van der Waals surface area contributed by atoms with Crippen LogP contribution in [-0.4, -0.2) is 33.7 Å². The van der Waals surface area contributed by atoms with Crippen LogP contribution in [0.3, 0.4) is 0 Å². The first-order valence-electron chi connectivity index (χ1n) is 8.03. The largest absolute Gasteiger partial charge is 0.481 e. The molecule has 0 unspecified atom stereocenters. The lowest BCUT2D eigenvalue weighted by molar-refractivity contribution is -0.137. The van der Waals surface area contributed by atoms with Gasteiger partial charge in [0.15, 0.2) is 0 Å². The number of carbonyl (C=O) groups is 2. The minimum absolute atomic E-state index is 0.101. The molecular formula is C17H20FN3O4. The number of carbonyl (C=O) groups excluding carboxylic acids is 1. The molecule has 8 heteroatoms. The van der Waals surface area contributed by atoms with E-state index in [1.165, 1.54) is 6.07 Å². The highest BCUT2D eigenvalue weighted by Crippen LogP contribution is 2.19. The Hall–Kier alpha value is -2.77. The Bertz CT molecular complexity index is 745. The summed E-state index contributed by atoms with van der Waals surface area (Å²) in [5.41, 5.74) is 1.14. The van der Waals surface area contributed by atoms with Crippen molar-refractivity contribution in [3.05, 3.63) is 35.5 Å². The van der Waals surface area contributed by atoms with E-state index in [1.807, 2.05) is 0 Å². The highest BCUT2D eigenvalue weighted by Gasteiger charge is 2.11. The van der Waals surface area contributed by atoms with Gasteiger partial charge in [-0.3, -0.25) is 9.59 Å². The molecule has 0 fully saturated rings. The van der Waals surface area contributed by atoms with E-state index in [1.54, 1.807) is 19.1 Å².